The number of epoxide rings is 1. The van der Waals surface area contributed by atoms with Crippen molar-refractivity contribution in [3.8, 4) is 16.9 Å². The van der Waals surface area contributed by atoms with Crippen molar-refractivity contribution in [2.24, 2.45) is 0 Å². The van der Waals surface area contributed by atoms with Gasteiger partial charge in [0.15, 0.2) is 0 Å². The Bertz CT molecular complexity index is 524. The molecule has 19 heavy (non-hydrogen) atoms. The molecule has 1 aliphatic heterocycles. The van der Waals surface area contributed by atoms with E-state index >= 15 is 0 Å². The van der Waals surface area contributed by atoms with E-state index in [4.69, 9.17) is 9.47 Å². The van der Waals surface area contributed by atoms with Gasteiger partial charge < -0.3 is 9.47 Å². The Hall–Kier alpha value is -1.80. The van der Waals surface area contributed by atoms with Crippen LogP contribution >= 0.6 is 0 Å². The third-order valence-corrected chi connectivity index (χ3v) is 3.39. The van der Waals surface area contributed by atoms with Crippen LogP contribution in [0.5, 0.6) is 5.75 Å². The number of rotatable bonds is 5. The predicted octanol–water partition coefficient (Wildman–Crippen LogP) is 3.69. The van der Waals surface area contributed by atoms with Crippen LogP contribution in [0.15, 0.2) is 48.5 Å². The highest BCUT2D eigenvalue weighted by atomic mass is 16.6. The molecule has 1 atom stereocenters. The van der Waals surface area contributed by atoms with E-state index in [1.807, 2.05) is 12.1 Å². The van der Waals surface area contributed by atoms with Crippen molar-refractivity contribution in [2.75, 3.05) is 13.2 Å². The fourth-order valence-electron chi connectivity index (χ4n) is 2.03. The van der Waals surface area contributed by atoms with Crippen molar-refractivity contribution < 1.29 is 9.47 Å². The molecule has 2 aromatic rings. The van der Waals surface area contributed by atoms with Crippen LogP contribution in [-0.2, 0) is 11.2 Å². The van der Waals surface area contributed by atoms with Gasteiger partial charge in [-0.1, -0.05) is 43.3 Å². The van der Waals surface area contributed by atoms with Crippen molar-refractivity contribution in [2.45, 2.75) is 19.4 Å². The molecule has 3 rings (SSSR count). The molecule has 0 radical (unpaired) electrons. The highest BCUT2D eigenvalue weighted by Gasteiger charge is 2.22. The summed E-state index contributed by atoms with van der Waals surface area (Å²) < 4.78 is 10.8. The number of hydrogen-bond donors (Lipinski definition) is 0. The van der Waals surface area contributed by atoms with Crippen LogP contribution in [0.4, 0.5) is 0 Å². The fourth-order valence-corrected chi connectivity index (χ4v) is 2.03. The highest BCUT2D eigenvalue weighted by Crippen LogP contribution is 2.23. The number of ether oxygens (including phenoxy) is 2. The molecule has 2 aromatic carbocycles. The first-order valence-electron chi connectivity index (χ1n) is 6.79. The van der Waals surface area contributed by atoms with E-state index in [0.29, 0.717) is 12.7 Å². The molecule has 1 saturated heterocycles. The fraction of sp³-hybridized carbons (Fsp3) is 0.294. The van der Waals surface area contributed by atoms with Gasteiger partial charge >= 0.3 is 0 Å². The second kappa shape index (κ2) is 5.45. The number of hydrogen-bond acceptors (Lipinski definition) is 2. The topological polar surface area (TPSA) is 21.8 Å². The molecule has 98 valence electrons. The molecule has 1 fully saturated rings. The van der Waals surface area contributed by atoms with Gasteiger partial charge in [0.2, 0.25) is 0 Å². The van der Waals surface area contributed by atoms with Crippen LogP contribution in [0.2, 0.25) is 0 Å². The second-order valence-electron chi connectivity index (χ2n) is 4.84. The van der Waals surface area contributed by atoms with Gasteiger partial charge in [0.25, 0.3) is 0 Å². The molecular formula is C17H18O2. The van der Waals surface area contributed by atoms with Crippen LogP contribution in [0.3, 0.4) is 0 Å². The molecule has 1 unspecified atom stereocenters. The summed E-state index contributed by atoms with van der Waals surface area (Å²) in [6.45, 7) is 3.66. The zero-order valence-electron chi connectivity index (χ0n) is 11.1. The molecule has 0 aliphatic carbocycles. The molecule has 1 heterocycles. The molecule has 0 spiro atoms. The molecular weight excluding hydrogens is 236 g/mol. The van der Waals surface area contributed by atoms with E-state index in [9.17, 15) is 0 Å². The van der Waals surface area contributed by atoms with Gasteiger partial charge in [0.05, 0.1) is 6.61 Å². The van der Waals surface area contributed by atoms with Crippen molar-refractivity contribution in [3.05, 3.63) is 54.1 Å². The maximum atomic E-state index is 5.63. The van der Waals surface area contributed by atoms with Crippen LogP contribution in [0.1, 0.15) is 12.5 Å². The Morgan fingerprint density at radius 1 is 1.00 bits per heavy atom. The van der Waals surface area contributed by atoms with Crippen molar-refractivity contribution >= 4 is 0 Å². The lowest BCUT2D eigenvalue weighted by Crippen LogP contribution is -2.03. The zero-order chi connectivity index (χ0) is 13.1. The zero-order valence-corrected chi connectivity index (χ0v) is 11.1. The number of aryl methyl sites for hydroxylation is 1. The van der Waals surface area contributed by atoms with E-state index in [1.54, 1.807) is 0 Å². The Kier molecular flexibility index (Phi) is 3.51. The largest absolute Gasteiger partial charge is 0.491 e. The van der Waals surface area contributed by atoms with Gasteiger partial charge in [-0.3, -0.25) is 0 Å². The normalized spacial score (nSPS) is 17.2. The maximum absolute atomic E-state index is 5.63. The van der Waals surface area contributed by atoms with Crippen molar-refractivity contribution in [3.63, 3.8) is 0 Å². The van der Waals surface area contributed by atoms with Crippen molar-refractivity contribution in [1.29, 1.82) is 0 Å². The second-order valence-corrected chi connectivity index (χ2v) is 4.84. The lowest BCUT2D eigenvalue weighted by molar-refractivity contribution is 0.263. The number of benzene rings is 2. The molecule has 0 amide bonds. The Balaban J connectivity index is 1.69. The third-order valence-electron chi connectivity index (χ3n) is 3.39. The molecule has 0 saturated carbocycles. The van der Waals surface area contributed by atoms with Crippen LogP contribution in [0.25, 0.3) is 11.1 Å². The van der Waals surface area contributed by atoms with E-state index in [2.05, 4.69) is 43.3 Å². The van der Waals surface area contributed by atoms with Gasteiger partial charge in [-0.25, -0.2) is 0 Å². The van der Waals surface area contributed by atoms with Gasteiger partial charge in [-0.2, -0.15) is 0 Å². The summed E-state index contributed by atoms with van der Waals surface area (Å²) in [5, 5.41) is 0. The SMILES string of the molecule is CCc1ccc(-c2ccc(OCC3CO3)cc2)cc1. The summed E-state index contributed by atoms with van der Waals surface area (Å²) in [6, 6.07) is 17.0. The third kappa shape index (κ3) is 3.15. The monoisotopic (exact) mass is 254 g/mol. The minimum atomic E-state index is 0.307. The van der Waals surface area contributed by atoms with E-state index < -0.39 is 0 Å². The van der Waals surface area contributed by atoms with Gasteiger partial charge in [-0.05, 0) is 35.2 Å². The van der Waals surface area contributed by atoms with Crippen LogP contribution in [-0.4, -0.2) is 19.3 Å². The van der Waals surface area contributed by atoms with E-state index in [1.165, 1.54) is 16.7 Å². The molecule has 2 nitrogen and oxygen atoms in total. The average molecular weight is 254 g/mol. The highest BCUT2D eigenvalue weighted by molar-refractivity contribution is 5.64. The summed E-state index contributed by atoms with van der Waals surface area (Å²) in [5.74, 6) is 0.907. The molecule has 1 aliphatic rings. The maximum Gasteiger partial charge on any atom is 0.119 e. The van der Waals surface area contributed by atoms with Gasteiger partial charge in [0.1, 0.15) is 18.5 Å². The van der Waals surface area contributed by atoms with Crippen LogP contribution in [0, 0.1) is 0 Å². The molecule has 0 bridgehead atoms. The smallest absolute Gasteiger partial charge is 0.119 e. The minimum Gasteiger partial charge on any atom is -0.491 e. The first-order valence-corrected chi connectivity index (χ1v) is 6.79. The van der Waals surface area contributed by atoms with Crippen LogP contribution < -0.4 is 4.74 Å². The Morgan fingerprint density at radius 2 is 1.58 bits per heavy atom. The first-order chi connectivity index (χ1) is 9.35. The molecule has 0 N–H and O–H groups in total. The van der Waals surface area contributed by atoms with Gasteiger partial charge in [-0.15, -0.1) is 0 Å². The summed E-state index contributed by atoms with van der Waals surface area (Å²) in [5.41, 5.74) is 3.83. The Morgan fingerprint density at radius 3 is 2.11 bits per heavy atom. The summed E-state index contributed by atoms with van der Waals surface area (Å²) in [6.07, 6.45) is 1.39. The lowest BCUT2D eigenvalue weighted by Gasteiger charge is -2.06. The van der Waals surface area contributed by atoms with Gasteiger partial charge in [0, 0.05) is 0 Å². The summed E-state index contributed by atoms with van der Waals surface area (Å²) in [4.78, 5) is 0. The molecule has 2 heteroatoms. The molecule has 0 aromatic heterocycles. The predicted molar refractivity (Wildman–Crippen MR) is 76.5 cm³/mol. The quantitative estimate of drug-likeness (QED) is 0.759. The first kappa shape index (κ1) is 12.2. The average Bonchev–Trinajstić information content (AvgIpc) is 3.30. The lowest BCUT2D eigenvalue weighted by atomic mass is 10.0. The van der Waals surface area contributed by atoms with E-state index in [0.717, 1.165) is 18.8 Å². The van der Waals surface area contributed by atoms with Crippen molar-refractivity contribution in [1.82, 2.24) is 0 Å². The Labute approximate surface area is 114 Å². The summed E-state index contributed by atoms with van der Waals surface area (Å²) >= 11 is 0. The minimum absolute atomic E-state index is 0.307. The summed E-state index contributed by atoms with van der Waals surface area (Å²) in [7, 11) is 0. The standard InChI is InChI=1S/C17H18O2/c1-2-13-3-5-14(6-4-13)15-7-9-16(10-8-15)18-11-17-12-19-17/h3-10,17H,2,11-12H2,1H3. The van der Waals surface area contributed by atoms with E-state index in [-0.39, 0.29) is 0 Å².